The van der Waals surface area contributed by atoms with Crippen LogP contribution in [0.25, 0.3) is 0 Å². The molecule has 1 saturated heterocycles. The molecule has 1 aromatic carbocycles. The van der Waals surface area contributed by atoms with Crippen LogP contribution >= 0.6 is 0 Å². The average molecular weight is 352 g/mol. The fourth-order valence-electron chi connectivity index (χ4n) is 3.46. The van der Waals surface area contributed by atoms with Gasteiger partial charge in [-0.3, -0.25) is 4.79 Å². The summed E-state index contributed by atoms with van der Waals surface area (Å²) in [5.41, 5.74) is -1.17. The largest absolute Gasteiger partial charge is 0.416 e. The standard InChI is InChI=1S/C18H19F3N2O2/c1-11-9-17(25,12-5-7-13(8-6-12)18(19,20)21)10-15(22-11)14-3-2-4-16(24)23-14/h2-8,11,15,22,25H,9-10H2,1H3,(H,23,24). The molecule has 1 aliphatic heterocycles. The minimum atomic E-state index is -4.41. The van der Waals surface area contributed by atoms with Gasteiger partial charge in [-0.05, 0) is 37.1 Å². The molecule has 134 valence electrons. The van der Waals surface area contributed by atoms with E-state index in [9.17, 15) is 23.1 Å². The Bertz CT molecular complexity index is 801. The molecule has 0 aliphatic carbocycles. The number of aromatic amines is 1. The second-order valence-electron chi connectivity index (χ2n) is 6.61. The number of halogens is 3. The highest BCUT2D eigenvalue weighted by Gasteiger charge is 2.40. The number of piperidine rings is 1. The molecule has 3 atom stereocenters. The lowest BCUT2D eigenvalue weighted by atomic mass is 9.78. The molecule has 3 unspecified atom stereocenters. The van der Waals surface area contributed by atoms with Crippen molar-refractivity contribution in [3.05, 3.63) is 69.6 Å². The molecule has 2 heterocycles. The molecule has 25 heavy (non-hydrogen) atoms. The first-order valence-electron chi connectivity index (χ1n) is 8.03. The summed E-state index contributed by atoms with van der Waals surface area (Å²) in [6, 6.07) is 9.03. The normalized spacial score (nSPS) is 27.2. The van der Waals surface area contributed by atoms with E-state index in [1.54, 1.807) is 12.1 Å². The van der Waals surface area contributed by atoms with E-state index in [0.29, 0.717) is 17.7 Å². The van der Waals surface area contributed by atoms with Crippen LogP contribution in [0.1, 0.15) is 42.6 Å². The number of nitrogens with one attached hydrogen (secondary N) is 2. The highest BCUT2D eigenvalue weighted by Crippen LogP contribution is 2.40. The average Bonchev–Trinajstić information content (AvgIpc) is 2.53. The van der Waals surface area contributed by atoms with Crippen LogP contribution in [-0.4, -0.2) is 16.1 Å². The van der Waals surface area contributed by atoms with Gasteiger partial charge in [-0.2, -0.15) is 13.2 Å². The minimum absolute atomic E-state index is 0.0743. The van der Waals surface area contributed by atoms with E-state index in [-0.39, 0.29) is 24.1 Å². The highest BCUT2D eigenvalue weighted by molar-refractivity contribution is 5.30. The predicted molar refractivity (Wildman–Crippen MR) is 87.0 cm³/mol. The van der Waals surface area contributed by atoms with Gasteiger partial charge >= 0.3 is 6.18 Å². The molecule has 4 nitrogen and oxygen atoms in total. The lowest BCUT2D eigenvalue weighted by molar-refractivity contribution is -0.137. The smallest absolute Gasteiger partial charge is 0.385 e. The van der Waals surface area contributed by atoms with Gasteiger partial charge in [-0.15, -0.1) is 0 Å². The Morgan fingerprint density at radius 3 is 2.40 bits per heavy atom. The van der Waals surface area contributed by atoms with Gasteiger partial charge < -0.3 is 15.4 Å². The fourth-order valence-corrected chi connectivity index (χ4v) is 3.46. The number of alkyl halides is 3. The molecule has 3 rings (SSSR count). The summed E-state index contributed by atoms with van der Waals surface area (Å²) in [6.45, 7) is 1.89. The number of hydrogen-bond donors (Lipinski definition) is 3. The minimum Gasteiger partial charge on any atom is -0.385 e. The van der Waals surface area contributed by atoms with Gasteiger partial charge in [-0.25, -0.2) is 0 Å². The number of aromatic nitrogens is 1. The monoisotopic (exact) mass is 352 g/mol. The quantitative estimate of drug-likeness (QED) is 0.778. The molecule has 1 fully saturated rings. The summed E-state index contributed by atoms with van der Waals surface area (Å²) < 4.78 is 38.2. The zero-order valence-corrected chi connectivity index (χ0v) is 13.6. The van der Waals surface area contributed by atoms with E-state index in [2.05, 4.69) is 10.3 Å². The SMILES string of the molecule is CC1CC(O)(c2ccc(C(F)(F)F)cc2)CC(c2cccc(=O)[nH]2)N1. The Morgan fingerprint density at radius 1 is 1.12 bits per heavy atom. The predicted octanol–water partition coefficient (Wildman–Crippen LogP) is 3.09. The molecule has 0 amide bonds. The molecule has 0 spiro atoms. The van der Waals surface area contributed by atoms with E-state index < -0.39 is 17.3 Å². The lowest BCUT2D eigenvalue weighted by Gasteiger charge is -2.41. The molecule has 1 aliphatic rings. The summed E-state index contributed by atoms with van der Waals surface area (Å²) in [4.78, 5) is 14.3. The number of hydrogen-bond acceptors (Lipinski definition) is 3. The number of pyridine rings is 1. The Hall–Kier alpha value is -2.12. The Kier molecular flexibility index (Phi) is 4.47. The zero-order chi connectivity index (χ0) is 18.2. The van der Waals surface area contributed by atoms with Gasteiger partial charge in [0.05, 0.1) is 17.2 Å². The van der Waals surface area contributed by atoms with Crippen LogP contribution in [-0.2, 0) is 11.8 Å². The maximum absolute atomic E-state index is 12.7. The first-order valence-corrected chi connectivity index (χ1v) is 8.03. The third-order valence-electron chi connectivity index (χ3n) is 4.59. The number of benzene rings is 1. The van der Waals surface area contributed by atoms with Gasteiger partial charge in [-0.1, -0.05) is 18.2 Å². The van der Waals surface area contributed by atoms with E-state index in [4.69, 9.17) is 0 Å². The van der Waals surface area contributed by atoms with E-state index >= 15 is 0 Å². The van der Waals surface area contributed by atoms with E-state index in [1.807, 2.05) is 6.92 Å². The van der Waals surface area contributed by atoms with Crippen LogP contribution in [0, 0.1) is 0 Å². The first-order chi connectivity index (χ1) is 11.7. The van der Waals surface area contributed by atoms with Crippen molar-refractivity contribution in [1.82, 2.24) is 10.3 Å². The number of rotatable bonds is 2. The van der Waals surface area contributed by atoms with Crippen LogP contribution in [0.4, 0.5) is 13.2 Å². The summed E-state index contributed by atoms with van der Waals surface area (Å²) >= 11 is 0. The maximum atomic E-state index is 12.7. The van der Waals surface area contributed by atoms with Gasteiger partial charge in [0.15, 0.2) is 0 Å². The topological polar surface area (TPSA) is 65.1 Å². The van der Waals surface area contributed by atoms with Crippen LogP contribution in [0.3, 0.4) is 0 Å². The van der Waals surface area contributed by atoms with Gasteiger partial charge in [0.1, 0.15) is 0 Å². The summed E-state index contributed by atoms with van der Waals surface area (Å²) in [5, 5.41) is 14.4. The Morgan fingerprint density at radius 2 is 1.80 bits per heavy atom. The second kappa shape index (κ2) is 6.31. The van der Waals surface area contributed by atoms with Crippen molar-refractivity contribution >= 4 is 0 Å². The van der Waals surface area contributed by atoms with Crippen molar-refractivity contribution in [1.29, 1.82) is 0 Å². The first kappa shape index (κ1) is 17.7. The third kappa shape index (κ3) is 3.77. The summed E-state index contributed by atoms with van der Waals surface area (Å²) in [7, 11) is 0. The molecule has 0 saturated carbocycles. The van der Waals surface area contributed by atoms with Gasteiger partial charge in [0, 0.05) is 24.2 Å². The van der Waals surface area contributed by atoms with Gasteiger partial charge in [0.25, 0.3) is 0 Å². The maximum Gasteiger partial charge on any atom is 0.416 e. The van der Waals surface area contributed by atoms with Crippen LogP contribution in [0.5, 0.6) is 0 Å². The van der Waals surface area contributed by atoms with Crippen molar-refractivity contribution in [2.24, 2.45) is 0 Å². The number of aliphatic hydroxyl groups is 1. The third-order valence-corrected chi connectivity index (χ3v) is 4.59. The van der Waals surface area contributed by atoms with Crippen LogP contribution < -0.4 is 10.9 Å². The summed E-state index contributed by atoms with van der Waals surface area (Å²) in [5.74, 6) is 0. The van der Waals surface area contributed by atoms with Crippen molar-refractivity contribution in [2.75, 3.05) is 0 Å². The van der Waals surface area contributed by atoms with Crippen LogP contribution in [0.15, 0.2) is 47.3 Å². The van der Waals surface area contributed by atoms with E-state index in [0.717, 1.165) is 12.1 Å². The van der Waals surface area contributed by atoms with Crippen molar-refractivity contribution < 1.29 is 18.3 Å². The van der Waals surface area contributed by atoms with Gasteiger partial charge in [0.2, 0.25) is 5.56 Å². The highest BCUT2D eigenvalue weighted by atomic mass is 19.4. The zero-order valence-electron chi connectivity index (χ0n) is 13.6. The summed E-state index contributed by atoms with van der Waals surface area (Å²) in [6.07, 6.45) is -3.79. The molecular formula is C18H19F3N2O2. The fraction of sp³-hybridized carbons (Fsp3) is 0.389. The molecule has 1 aromatic heterocycles. The molecule has 0 bridgehead atoms. The van der Waals surface area contributed by atoms with Crippen molar-refractivity contribution in [3.8, 4) is 0 Å². The Balaban J connectivity index is 1.90. The second-order valence-corrected chi connectivity index (χ2v) is 6.61. The molecule has 7 heteroatoms. The number of H-pyrrole nitrogens is 1. The molecule has 2 aromatic rings. The van der Waals surface area contributed by atoms with Crippen molar-refractivity contribution in [3.63, 3.8) is 0 Å². The lowest BCUT2D eigenvalue weighted by Crippen LogP contribution is -2.47. The molecular weight excluding hydrogens is 333 g/mol. The van der Waals surface area contributed by atoms with Crippen LogP contribution in [0.2, 0.25) is 0 Å². The molecule has 0 radical (unpaired) electrons. The molecule has 3 N–H and O–H groups in total. The Labute approximate surface area is 142 Å². The van der Waals surface area contributed by atoms with E-state index in [1.165, 1.54) is 18.2 Å². The van der Waals surface area contributed by atoms with Crippen molar-refractivity contribution in [2.45, 2.75) is 43.6 Å².